The number of aromatic nitrogens is 3. The van der Waals surface area contributed by atoms with Crippen molar-refractivity contribution in [1.29, 1.82) is 0 Å². The van der Waals surface area contributed by atoms with Crippen molar-refractivity contribution in [3.8, 4) is 11.3 Å². The Morgan fingerprint density at radius 3 is 3.00 bits per heavy atom. The van der Waals surface area contributed by atoms with Gasteiger partial charge in [-0.1, -0.05) is 6.92 Å². The highest BCUT2D eigenvalue weighted by molar-refractivity contribution is 5.99. The lowest BCUT2D eigenvalue weighted by atomic mass is 9.99. The molecule has 6 nitrogen and oxygen atoms in total. The van der Waals surface area contributed by atoms with Gasteiger partial charge in [0.05, 0.1) is 11.1 Å². The van der Waals surface area contributed by atoms with E-state index in [1.165, 1.54) is 0 Å². The number of hydrogen-bond acceptors (Lipinski definition) is 3. The Labute approximate surface area is 123 Å². The van der Waals surface area contributed by atoms with E-state index in [9.17, 15) is 9.59 Å². The summed E-state index contributed by atoms with van der Waals surface area (Å²) in [7, 11) is 0. The number of amides is 1. The average Bonchev–Trinajstić information content (AvgIpc) is 2.87. The van der Waals surface area contributed by atoms with Crippen LogP contribution in [0, 0.1) is 5.92 Å². The van der Waals surface area contributed by atoms with Gasteiger partial charge >= 0.3 is 0 Å². The first kappa shape index (κ1) is 13.9. The van der Waals surface area contributed by atoms with E-state index < -0.39 is 0 Å². The SMILES string of the molecule is CCn1cc(C(=O)N2CCC[C@@H](C)C2)c2n[nH]c(=O)c-2c1. The van der Waals surface area contributed by atoms with Crippen LogP contribution >= 0.6 is 0 Å². The third kappa shape index (κ3) is 2.46. The summed E-state index contributed by atoms with van der Waals surface area (Å²) in [6, 6.07) is 0. The topological polar surface area (TPSA) is 71.0 Å². The van der Waals surface area contributed by atoms with Crippen molar-refractivity contribution >= 4 is 5.91 Å². The highest BCUT2D eigenvalue weighted by Gasteiger charge is 2.27. The van der Waals surface area contributed by atoms with Crippen LogP contribution in [0.2, 0.25) is 0 Å². The van der Waals surface area contributed by atoms with Gasteiger partial charge in [-0.3, -0.25) is 9.59 Å². The molecule has 0 aromatic rings. The zero-order chi connectivity index (χ0) is 15.0. The van der Waals surface area contributed by atoms with Gasteiger partial charge in [-0.25, -0.2) is 5.10 Å². The van der Waals surface area contributed by atoms with Gasteiger partial charge in [-0.05, 0) is 25.7 Å². The molecule has 3 aliphatic heterocycles. The molecule has 3 rings (SSSR count). The first-order chi connectivity index (χ1) is 10.1. The standard InChI is InChI=1S/C15H20N4O2/c1-3-18-8-11-13(16-17-14(11)20)12(9-18)15(21)19-6-4-5-10(2)7-19/h8-10H,3-7H2,1-2H3,(H,17,20)/t10-/m1/s1. The summed E-state index contributed by atoms with van der Waals surface area (Å²) < 4.78 is 1.86. The number of pyridine rings is 1. The van der Waals surface area contributed by atoms with Crippen molar-refractivity contribution in [1.82, 2.24) is 19.7 Å². The summed E-state index contributed by atoms with van der Waals surface area (Å²) in [4.78, 5) is 26.5. The molecule has 0 saturated carbocycles. The lowest BCUT2D eigenvalue weighted by molar-refractivity contribution is 0.0682. The number of nitrogens with one attached hydrogen (secondary N) is 1. The lowest BCUT2D eigenvalue weighted by Gasteiger charge is -2.31. The fourth-order valence-electron chi connectivity index (χ4n) is 2.97. The molecule has 0 spiro atoms. The highest BCUT2D eigenvalue weighted by atomic mass is 16.2. The smallest absolute Gasteiger partial charge is 0.275 e. The van der Waals surface area contributed by atoms with Crippen LogP contribution in [0.3, 0.4) is 0 Å². The van der Waals surface area contributed by atoms with E-state index in [4.69, 9.17) is 0 Å². The second-order valence-corrected chi connectivity index (χ2v) is 5.82. The minimum atomic E-state index is -0.242. The molecule has 0 bridgehead atoms. The van der Waals surface area contributed by atoms with Gasteiger partial charge in [-0.2, -0.15) is 5.10 Å². The molecule has 21 heavy (non-hydrogen) atoms. The van der Waals surface area contributed by atoms with Gasteiger partial charge in [0.25, 0.3) is 11.5 Å². The number of fused-ring (bicyclic) bond motifs is 1. The van der Waals surface area contributed by atoms with E-state index in [1.807, 2.05) is 16.4 Å². The fraction of sp³-hybridized carbons (Fsp3) is 0.533. The maximum Gasteiger partial charge on any atom is 0.275 e. The number of carbonyl (C=O) groups excluding carboxylic acids is 1. The number of piperidine rings is 1. The Morgan fingerprint density at radius 1 is 1.48 bits per heavy atom. The molecular weight excluding hydrogens is 268 g/mol. The molecule has 0 aliphatic carbocycles. The third-order valence-corrected chi connectivity index (χ3v) is 4.15. The Hall–Kier alpha value is -2.11. The molecular formula is C15H20N4O2. The van der Waals surface area contributed by atoms with Crippen molar-refractivity contribution < 1.29 is 4.79 Å². The van der Waals surface area contributed by atoms with Crippen LogP contribution in [0.15, 0.2) is 17.2 Å². The first-order valence-corrected chi connectivity index (χ1v) is 7.47. The summed E-state index contributed by atoms with van der Waals surface area (Å²) in [6.45, 7) is 6.40. The number of nitrogens with zero attached hydrogens (tertiary/aromatic N) is 3. The molecule has 0 unspecified atom stereocenters. The van der Waals surface area contributed by atoms with Gasteiger partial charge in [0, 0.05) is 32.0 Å². The number of carbonyl (C=O) groups is 1. The minimum absolute atomic E-state index is 0.0270. The summed E-state index contributed by atoms with van der Waals surface area (Å²) >= 11 is 0. The zero-order valence-corrected chi connectivity index (χ0v) is 12.4. The number of hydrogen-bond donors (Lipinski definition) is 1. The molecule has 1 saturated heterocycles. The molecule has 112 valence electrons. The maximum atomic E-state index is 12.8. The van der Waals surface area contributed by atoms with Gasteiger partial charge in [0.2, 0.25) is 0 Å². The molecule has 1 atom stereocenters. The summed E-state index contributed by atoms with van der Waals surface area (Å²) in [6.07, 6.45) is 5.74. The predicted octanol–water partition coefficient (Wildman–Crippen LogP) is 1.57. The highest BCUT2D eigenvalue weighted by Crippen LogP contribution is 2.24. The largest absolute Gasteiger partial charge is 0.353 e. The molecule has 3 heterocycles. The van der Waals surface area contributed by atoms with Crippen LogP contribution in [-0.4, -0.2) is 38.7 Å². The summed E-state index contributed by atoms with van der Waals surface area (Å²) in [5.41, 5.74) is 1.23. The second kappa shape index (κ2) is 5.35. The van der Waals surface area contributed by atoms with E-state index in [2.05, 4.69) is 17.1 Å². The molecule has 0 aromatic heterocycles. The number of rotatable bonds is 2. The third-order valence-electron chi connectivity index (χ3n) is 4.15. The van der Waals surface area contributed by atoms with Crippen LogP contribution in [-0.2, 0) is 6.54 Å². The van der Waals surface area contributed by atoms with Gasteiger partial charge < -0.3 is 9.47 Å². The number of likely N-dealkylation sites (tertiary alicyclic amines) is 1. The summed E-state index contributed by atoms with van der Waals surface area (Å²) in [5, 5.41) is 6.48. The van der Waals surface area contributed by atoms with E-state index in [0.717, 1.165) is 25.9 Å². The first-order valence-electron chi connectivity index (χ1n) is 7.47. The zero-order valence-electron chi connectivity index (χ0n) is 12.4. The number of aryl methyl sites for hydroxylation is 1. The molecule has 0 radical (unpaired) electrons. The van der Waals surface area contributed by atoms with Crippen molar-refractivity contribution in [3.05, 3.63) is 28.3 Å². The Morgan fingerprint density at radius 2 is 2.29 bits per heavy atom. The molecule has 1 N–H and O–H groups in total. The van der Waals surface area contributed by atoms with Crippen LogP contribution in [0.5, 0.6) is 0 Å². The predicted molar refractivity (Wildman–Crippen MR) is 79.4 cm³/mol. The van der Waals surface area contributed by atoms with Crippen LogP contribution < -0.4 is 5.56 Å². The van der Waals surface area contributed by atoms with Gasteiger partial charge in [-0.15, -0.1) is 0 Å². The monoisotopic (exact) mass is 288 g/mol. The van der Waals surface area contributed by atoms with Crippen molar-refractivity contribution in [2.45, 2.75) is 33.2 Å². The van der Waals surface area contributed by atoms with Crippen LogP contribution in [0.25, 0.3) is 11.3 Å². The Balaban J connectivity index is 2.02. The lowest BCUT2D eigenvalue weighted by Crippen LogP contribution is -2.39. The molecule has 0 aromatic carbocycles. The second-order valence-electron chi connectivity index (χ2n) is 5.82. The molecule has 1 fully saturated rings. The van der Waals surface area contributed by atoms with E-state index in [-0.39, 0.29) is 11.5 Å². The van der Waals surface area contributed by atoms with Gasteiger partial charge in [0.1, 0.15) is 5.69 Å². The molecule has 6 heteroatoms. The molecule has 1 amide bonds. The van der Waals surface area contributed by atoms with Gasteiger partial charge in [0.15, 0.2) is 0 Å². The van der Waals surface area contributed by atoms with E-state index in [1.54, 1.807) is 12.4 Å². The van der Waals surface area contributed by atoms with Crippen molar-refractivity contribution in [3.63, 3.8) is 0 Å². The Bertz CT molecular complexity index is 688. The average molecular weight is 288 g/mol. The fourth-order valence-corrected chi connectivity index (χ4v) is 2.97. The minimum Gasteiger partial charge on any atom is -0.353 e. The maximum absolute atomic E-state index is 12.8. The molecule has 3 aliphatic rings. The van der Waals surface area contributed by atoms with Crippen molar-refractivity contribution in [2.24, 2.45) is 5.92 Å². The van der Waals surface area contributed by atoms with Crippen LogP contribution in [0.1, 0.15) is 37.0 Å². The normalized spacial score (nSPS) is 19.1. The van der Waals surface area contributed by atoms with E-state index in [0.29, 0.717) is 29.3 Å². The van der Waals surface area contributed by atoms with E-state index >= 15 is 0 Å². The van der Waals surface area contributed by atoms with Crippen molar-refractivity contribution in [2.75, 3.05) is 13.1 Å². The number of aromatic amines is 1. The number of H-pyrrole nitrogens is 1. The summed E-state index contributed by atoms with van der Waals surface area (Å²) in [5.74, 6) is 0.496. The Kier molecular flexibility index (Phi) is 3.53. The quantitative estimate of drug-likeness (QED) is 0.911. The van der Waals surface area contributed by atoms with Crippen LogP contribution in [0.4, 0.5) is 0 Å².